The van der Waals surface area contributed by atoms with Gasteiger partial charge in [0.2, 0.25) is 0 Å². The first-order valence-corrected chi connectivity index (χ1v) is 7.22. The fourth-order valence-corrected chi connectivity index (χ4v) is 1.36. The first kappa shape index (κ1) is 15.8. The average molecular weight is 254 g/mol. The molecule has 0 aliphatic rings. The maximum Gasteiger partial charge on any atom is 0.267 e. The molecule has 0 saturated carbocycles. The van der Waals surface area contributed by atoms with Crippen molar-refractivity contribution in [1.29, 1.82) is 0 Å². The highest BCUT2D eigenvalue weighted by molar-refractivity contribution is 7.86. The van der Waals surface area contributed by atoms with Gasteiger partial charge >= 0.3 is 0 Å². The molecular formula is C10H22O5S. The van der Waals surface area contributed by atoms with Gasteiger partial charge in [-0.15, -0.1) is 0 Å². The minimum absolute atomic E-state index is 0.00682. The molecule has 0 fully saturated rings. The second-order valence-corrected chi connectivity index (χ2v) is 5.18. The summed E-state index contributed by atoms with van der Waals surface area (Å²) in [6.07, 6.45) is 2.17. The summed E-state index contributed by atoms with van der Waals surface area (Å²) < 4.78 is 36.8. The largest absolute Gasteiger partial charge is 0.379 e. The van der Waals surface area contributed by atoms with Crippen LogP contribution in [0.5, 0.6) is 0 Å². The first-order valence-electron chi connectivity index (χ1n) is 5.65. The van der Waals surface area contributed by atoms with Crippen molar-refractivity contribution >= 4 is 10.1 Å². The van der Waals surface area contributed by atoms with Crippen LogP contribution in [0.25, 0.3) is 0 Å². The van der Waals surface area contributed by atoms with Gasteiger partial charge in [-0.05, 0) is 13.3 Å². The summed E-state index contributed by atoms with van der Waals surface area (Å²) in [7, 11) is -3.34. The van der Waals surface area contributed by atoms with Crippen LogP contribution in [0.2, 0.25) is 0 Å². The Balaban J connectivity index is 3.16. The zero-order chi connectivity index (χ0) is 12.3. The SMILES string of the molecule is CCCCOCCOCCOS(=O)(=O)CC. The van der Waals surface area contributed by atoms with Gasteiger partial charge in [0.05, 0.1) is 32.2 Å². The monoisotopic (exact) mass is 254 g/mol. The molecule has 0 N–H and O–H groups in total. The zero-order valence-electron chi connectivity index (χ0n) is 10.1. The summed E-state index contributed by atoms with van der Waals surface area (Å²) in [5, 5.41) is 0. The van der Waals surface area contributed by atoms with Crippen LogP contribution in [-0.4, -0.2) is 47.2 Å². The van der Waals surface area contributed by atoms with E-state index in [1.54, 1.807) is 0 Å². The van der Waals surface area contributed by atoms with Crippen LogP contribution in [0.15, 0.2) is 0 Å². The van der Waals surface area contributed by atoms with Gasteiger partial charge in [0, 0.05) is 6.61 Å². The van der Waals surface area contributed by atoms with Crippen molar-refractivity contribution in [2.75, 3.05) is 38.8 Å². The zero-order valence-corrected chi connectivity index (χ0v) is 10.9. The van der Waals surface area contributed by atoms with Gasteiger partial charge in [-0.3, -0.25) is 4.18 Å². The van der Waals surface area contributed by atoms with Crippen LogP contribution < -0.4 is 0 Å². The number of unbranched alkanes of at least 4 members (excludes halogenated alkanes) is 1. The summed E-state index contributed by atoms with van der Waals surface area (Å²) in [5.74, 6) is -0.00682. The molecule has 16 heavy (non-hydrogen) atoms. The minimum atomic E-state index is -3.34. The summed E-state index contributed by atoms with van der Waals surface area (Å²) >= 11 is 0. The summed E-state index contributed by atoms with van der Waals surface area (Å²) in [4.78, 5) is 0. The van der Waals surface area contributed by atoms with Crippen LogP contribution in [0.3, 0.4) is 0 Å². The van der Waals surface area contributed by atoms with E-state index < -0.39 is 10.1 Å². The Hall–Kier alpha value is -0.170. The molecule has 0 aromatic heterocycles. The molecular weight excluding hydrogens is 232 g/mol. The number of ether oxygens (including phenoxy) is 2. The molecule has 0 rings (SSSR count). The van der Waals surface area contributed by atoms with E-state index in [-0.39, 0.29) is 19.0 Å². The molecule has 0 aliphatic carbocycles. The Bertz CT molecular complexity index is 238. The van der Waals surface area contributed by atoms with E-state index in [4.69, 9.17) is 9.47 Å². The Morgan fingerprint density at radius 3 is 2.00 bits per heavy atom. The molecule has 0 saturated heterocycles. The highest BCUT2D eigenvalue weighted by atomic mass is 32.2. The van der Waals surface area contributed by atoms with E-state index in [2.05, 4.69) is 11.1 Å². The van der Waals surface area contributed by atoms with Crippen molar-refractivity contribution in [3.63, 3.8) is 0 Å². The van der Waals surface area contributed by atoms with E-state index in [1.165, 1.54) is 6.92 Å². The third-order valence-corrected chi connectivity index (χ3v) is 3.09. The van der Waals surface area contributed by atoms with Crippen LogP contribution >= 0.6 is 0 Å². The molecule has 0 aliphatic heterocycles. The summed E-state index contributed by atoms with van der Waals surface area (Å²) in [5.41, 5.74) is 0. The molecule has 0 bridgehead atoms. The normalized spacial score (nSPS) is 11.9. The van der Waals surface area contributed by atoms with E-state index in [0.29, 0.717) is 13.2 Å². The van der Waals surface area contributed by atoms with Gasteiger partial charge in [-0.1, -0.05) is 13.3 Å². The molecule has 0 heterocycles. The molecule has 98 valence electrons. The van der Waals surface area contributed by atoms with Gasteiger partial charge in [0.25, 0.3) is 10.1 Å². The fourth-order valence-electron chi connectivity index (χ4n) is 0.872. The molecule has 0 radical (unpaired) electrons. The lowest BCUT2D eigenvalue weighted by Gasteiger charge is -2.05. The van der Waals surface area contributed by atoms with E-state index in [9.17, 15) is 8.42 Å². The molecule has 0 spiro atoms. The fraction of sp³-hybridized carbons (Fsp3) is 1.00. The van der Waals surface area contributed by atoms with Crippen molar-refractivity contribution in [3.8, 4) is 0 Å². The van der Waals surface area contributed by atoms with Crippen LogP contribution in [0, 0.1) is 0 Å². The predicted molar refractivity (Wildman–Crippen MR) is 62.0 cm³/mol. The molecule has 0 atom stereocenters. The lowest BCUT2D eigenvalue weighted by atomic mass is 10.4. The van der Waals surface area contributed by atoms with E-state index >= 15 is 0 Å². The van der Waals surface area contributed by atoms with Gasteiger partial charge in [0.1, 0.15) is 0 Å². The first-order chi connectivity index (χ1) is 7.62. The van der Waals surface area contributed by atoms with Gasteiger partial charge in [-0.25, -0.2) is 0 Å². The minimum Gasteiger partial charge on any atom is -0.379 e. The van der Waals surface area contributed by atoms with Gasteiger partial charge in [0.15, 0.2) is 0 Å². The number of rotatable bonds is 11. The summed E-state index contributed by atoms with van der Waals surface area (Å²) in [6, 6.07) is 0. The Kier molecular flexibility index (Phi) is 9.91. The molecule has 5 nitrogen and oxygen atoms in total. The second-order valence-electron chi connectivity index (χ2n) is 3.25. The van der Waals surface area contributed by atoms with E-state index in [0.717, 1.165) is 19.4 Å². The second kappa shape index (κ2) is 10.0. The average Bonchev–Trinajstić information content (AvgIpc) is 2.27. The van der Waals surface area contributed by atoms with Crippen molar-refractivity contribution < 1.29 is 22.1 Å². The lowest BCUT2D eigenvalue weighted by molar-refractivity contribution is 0.0363. The van der Waals surface area contributed by atoms with Crippen LogP contribution in [0.1, 0.15) is 26.7 Å². The lowest BCUT2D eigenvalue weighted by Crippen LogP contribution is -2.14. The van der Waals surface area contributed by atoms with Crippen molar-refractivity contribution in [1.82, 2.24) is 0 Å². The van der Waals surface area contributed by atoms with E-state index in [1.807, 2.05) is 0 Å². The third kappa shape index (κ3) is 10.4. The van der Waals surface area contributed by atoms with Crippen molar-refractivity contribution in [2.45, 2.75) is 26.7 Å². The molecule has 6 heteroatoms. The third-order valence-electron chi connectivity index (χ3n) is 1.86. The molecule has 0 amide bonds. The van der Waals surface area contributed by atoms with Gasteiger partial charge in [-0.2, -0.15) is 8.42 Å². The Morgan fingerprint density at radius 2 is 1.44 bits per heavy atom. The van der Waals surface area contributed by atoms with Gasteiger partial charge < -0.3 is 9.47 Å². The molecule has 0 unspecified atom stereocenters. The Labute approximate surface area is 98.2 Å². The number of hydrogen-bond acceptors (Lipinski definition) is 5. The van der Waals surface area contributed by atoms with Crippen molar-refractivity contribution in [2.24, 2.45) is 0 Å². The maximum absolute atomic E-state index is 10.9. The highest BCUT2D eigenvalue weighted by Gasteiger charge is 2.05. The predicted octanol–water partition coefficient (Wildman–Crippen LogP) is 1.19. The van der Waals surface area contributed by atoms with Crippen LogP contribution in [-0.2, 0) is 23.8 Å². The summed E-state index contributed by atoms with van der Waals surface area (Å²) in [6.45, 7) is 5.75. The van der Waals surface area contributed by atoms with Crippen LogP contribution in [0.4, 0.5) is 0 Å². The number of hydrogen-bond donors (Lipinski definition) is 0. The van der Waals surface area contributed by atoms with Crippen molar-refractivity contribution in [3.05, 3.63) is 0 Å². The highest BCUT2D eigenvalue weighted by Crippen LogP contribution is 1.92. The Morgan fingerprint density at radius 1 is 0.875 bits per heavy atom. The quantitative estimate of drug-likeness (QED) is 0.409. The standard InChI is InChI=1S/C10H22O5S/c1-3-5-6-13-7-8-14-9-10-15-16(11,12)4-2/h3-10H2,1-2H3. The maximum atomic E-state index is 10.9. The molecule has 0 aromatic rings. The smallest absolute Gasteiger partial charge is 0.267 e. The topological polar surface area (TPSA) is 61.8 Å². The molecule has 0 aromatic carbocycles.